The SMILES string of the molecule is COc1ccc2cc(C(C)c3nc4ccccc4n3CC(=O)c3ccccc3)ccc2c1. The smallest absolute Gasteiger partial charge is 0.182 e. The molecule has 1 aromatic heterocycles. The molecule has 32 heavy (non-hydrogen) atoms. The van der Waals surface area contributed by atoms with Crippen molar-refractivity contribution in [1.82, 2.24) is 9.55 Å². The quantitative estimate of drug-likeness (QED) is 0.306. The fraction of sp³-hybridized carbons (Fsp3) is 0.143. The van der Waals surface area contributed by atoms with Gasteiger partial charge in [-0.1, -0.05) is 73.7 Å². The summed E-state index contributed by atoms with van der Waals surface area (Å²) in [5, 5.41) is 2.28. The van der Waals surface area contributed by atoms with Crippen molar-refractivity contribution in [3.05, 3.63) is 108 Å². The molecule has 0 aliphatic rings. The first kappa shape index (κ1) is 20.0. The van der Waals surface area contributed by atoms with Gasteiger partial charge in [0.15, 0.2) is 5.78 Å². The van der Waals surface area contributed by atoms with Crippen LogP contribution in [-0.2, 0) is 6.54 Å². The zero-order valence-electron chi connectivity index (χ0n) is 18.2. The highest BCUT2D eigenvalue weighted by Gasteiger charge is 2.20. The number of ether oxygens (including phenoxy) is 1. The average Bonchev–Trinajstić information content (AvgIpc) is 3.21. The number of imidazole rings is 1. The van der Waals surface area contributed by atoms with E-state index in [0.29, 0.717) is 5.56 Å². The predicted octanol–water partition coefficient (Wildman–Crippen LogP) is 6.23. The molecule has 158 valence electrons. The highest BCUT2D eigenvalue weighted by molar-refractivity contribution is 5.96. The molecule has 0 amide bonds. The number of para-hydroxylation sites is 2. The van der Waals surface area contributed by atoms with E-state index >= 15 is 0 Å². The molecule has 4 nitrogen and oxygen atoms in total. The molecule has 1 heterocycles. The molecule has 1 unspecified atom stereocenters. The van der Waals surface area contributed by atoms with E-state index in [9.17, 15) is 4.79 Å². The highest BCUT2D eigenvalue weighted by Crippen LogP contribution is 2.30. The molecule has 0 N–H and O–H groups in total. The van der Waals surface area contributed by atoms with Gasteiger partial charge in [-0.05, 0) is 40.6 Å². The Morgan fingerprint density at radius 1 is 0.906 bits per heavy atom. The number of aromatic nitrogens is 2. The largest absolute Gasteiger partial charge is 0.497 e. The van der Waals surface area contributed by atoms with E-state index in [1.165, 1.54) is 0 Å². The lowest BCUT2D eigenvalue weighted by molar-refractivity contribution is 0.0972. The fourth-order valence-corrected chi connectivity index (χ4v) is 4.24. The lowest BCUT2D eigenvalue weighted by Crippen LogP contribution is -2.15. The number of carbonyl (C=O) groups is 1. The summed E-state index contributed by atoms with van der Waals surface area (Å²) >= 11 is 0. The molecule has 0 bridgehead atoms. The molecule has 0 spiro atoms. The maximum absolute atomic E-state index is 13.0. The number of rotatable bonds is 6. The molecular formula is C28H24N2O2. The lowest BCUT2D eigenvalue weighted by Gasteiger charge is -2.16. The fourth-order valence-electron chi connectivity index (χ4n) is 4.24. The summed E-state index contributed by atoms with van der Waals surface area (Å²) in [6, 6.07) is 30.0. The zero-order chi connectivity index (χ0) is 22.1. The van der Waals surface area contributed by atoms with Crippen molar-refractivity contribution in [2.75, 3.05) is 7.11 Å². The van der Waals surface area contributed by atoms with Crippen LogP contribution in [0.15, 0.2) is 91.0 Å². The second kappa shape index (κ2) is 8.31. The maximum atomic E-state index is 13.0. The first-order chi connectivity index (χ1) is 15.6. The second-order valence-corrected chi connectivity index (χ2v) is 8.03. The molecule has 4 heteroatoms. The third-order valence-corrected chi connectivity index (χ3v) is 6.04. The monoisotopic (exact) mass is 420 g/mol. The van der Waals surface area contributed by atoms with Gasteiger partial charge < -0.3 is 9.30 Å². The maximum Gasteiger partial charge on any atom is 0.182 e. The number of hydrogen-bond acceptors (Lipinski definition) is 3. The Morgan fingerprint density at radius 3 is 2.44 bits per heavy atom. The van der Waals surface area contributed by atoms with Crippen molar-refractivity contribution < 1.29 is 9.53 Å². The summed E-state index contributed by atoms with van der Waals surface area (Å²) in [6.45, 7) is 2.41. The number of ketones is 1. The Bertz CT molecular complexity index is 1420. The standard InChI is InChI=1S/C28H24N2O2/c1-19(21-12-13-23-17-24(32-2)15-14-22(23)16-21)28-29-25-10-6-7-11-26(25)30(28)18-27(31)20-8-4-3-5-9-20/h3-17,19H,18H2,1-2H3. The molecule has 4 aromatic carbocycles. The van der Waals surface area contributed by atoms with Gasteiger partial charge in [0.25, 0.3) is 0 Å². The summed E-state index contributed by atoms with van der Waals surface area (Å²) in [5.74, 6) is 1.84. The molecule has 0 aliphatic carbocycles. The van der Waals surface area contributed by atoms with Crippen LogP contribution in [0.3, 0.4) is 0 Å². The van der Waals surface area contributed by atoms with Crippen molar-refractivity contribution in [2.24, 2.45) is 0 Å². The molecular weight excluding hydrogens is 396 g/mol. The molecule has 5 rings (SSSR count). The summed E-state index contributed by atoms with van der Waals surface area (Å²) in [4.78, 5) is 18.0. The van der Waals surface area contributed by atoms with Crippen molar-refractivity contribution in [1.29, 1.82) is 0 Å². The zero-order valence-corrected chi connectivity index (χ0v) is 18.2. The van der Waals surface area contributed by atoms with E-state index in [1.807, 2.05) is 66.7 Å². The summed E-state index contributed by atoms with van der Waals surface area (Å²) in [7, 11) is 1.68. The topological polar surface area (TPSA) is 44.1 Å². The Kier molecular flexibility index (Phi) is 5.20. The summed E-state index contributed by atoms with van der Waals surface area (Å²) in [6.07, 6.45) is 0. The highest BCUT2D eigenvalue weighted by atomic mass is 16.5. The predicted molar refractivity (Wildman–Crippen MR) is 129 cm³/mol. The van der Waals surface area contributed by atoms with E-state index in [4.69, 9.17) is 9.72 Å². The van der Waals surface area contributed by atoms with Gasteiger partial charge in [0.1, 0.15) is 11.6 Å². The van der Waals surface area contributed by atoms with Crippen LogP contribution < -0.4 is 4.74 Å². The number of nitrogens with zero attached hydrogens (tertiary/aromatic N) is 2. The summed E-state index contributed by atoms with van der Waals surface area (Å²) < 4.78 is 7.41. The van der Waals surface area contributed by atoms with Gasteiger partial charge in [-0.25, -0.2) is 4.98 Å². The van der Waals surface area contributed by atoms with Gasteiger partial charge in [0, 0.05) is 11.5 Å². The van der Waals surface area contributed by atoms with Crippen LogP contribution in [0.25, 0.3) is 21.8 Å². The van der Waals surface area contributed by atoms with Crippen LogP contribution in [0.4, 0.5) is 0 Å². The van der Waals surface area contributed by atoms with Crippen molar-refractivity contribution in [3.63, 3.8) is 0 Å². The van der Waals surface area contributed by atoms with Crippen molar-refractivity contribution in [3.8, 4) is 5.75 Å². The molecule has 0 saturated heterocycles. The molecule has 1 atom stereocenters. The van der Waals surface area contributed by atoms with Crippen LogP contribution in [-0.4, -0.2) is 22.4 Å². The Labute approximate surface area is 187 Å². The number of carbonyl (C=O) groups excluding carboxylic acids is 1. The molecule has 5 aromatic rings. The normalized spacial score (nSPS) is 12.2. The number of fused-ring (bicyclic) bond motifs is 2. The van der Waals surface area contributed by atoms with Crippen LogP contribution in [0, 0.1) is 0 Å². The first-order valence-electron chi connectivity index (χ1n) is 10.7. The Balaban J connectivity index is 1.56. The molecule has 0 saturated carbocycles. The third-order valence-electron chi connectivity index (χ3n) is 6.04. The number of Topliss-reactive ketones (excluding diaryl/α,β-unsaturated/α-hetero) is 1. The van der Waals surface area contributed by atoms with Gasteiger partial charge in [-0.15, -0.1) is 0 Å². The Hall–Kier alpha value is -3.92. The number of benzene rings is 4. The van der Waals surface area contributed by atoms with Gasteiger partial charge in [-0.3, -0.25) is 4.79 Å². The van der Waals surface area contributed by atoms with Gasteiger partial charge >= 0.3 is 0 Å². The third kappa shape index (κ3) is 3.65. The van der Waals surface area contributed by atoms with Crippen molar-refractivity contribution in [2.45, 2.75) is 19.4 Å². The van der Waals surface area contributed by atoms with E-state index in [0.717, 1.165) is 38.9 Å². The molecule has 0 fully saturated rings. The van der Waals surface area contributed by atoms with E-state index in [1.54, 1.807) is 7.11 Å². The number of methoxy groups -OCH3 is 1. The van der Waals surface area contributed by atoms with Crippen LogP contribution in [0.5, 0.6) is 5.75 Å². The van der Waals surface area contributed by atoms with E-state index in [-0.39, 0.29) is 18.2 Å². The first-order valence-corrected chi connectivity index (χ1v) is 10.7. The minimum absolute atomic E-state index is 0.0254. The van der Waals surface area contributed by atoms with E-state index < -0.39 is 0 Å². The van der Waals surface area contributed by atoms with Crippen molar-refractivity contribution >= 4 is 27.6 Å². The van der Waals surface area contributed by atoms with Gasteiger partial charge in [-0.2, -0.15) is 0 Å². The Morgan fingerprint density at radius 2 is 1.62 bits per heavy atom. The minimum atomic E-state index is 0.0254. The number of hydrogen-bond donors (Lipinski definition) is 0. The van der Waals surface area contributed by atoms with Crippen LogP contribution >= 0.6 is 0 Å². The van der Waals surface area contributed by atoms with Gasteiger partial charge in [0.2, 0.25) is 0 Å². The average molecular weight is 421 g/mol. The van der Waals surface area contributed by atoms with Gasteiger partial charge in [0.05, 0.1) is 24.7 Å². The molecule has 0 aliphatic heterocycles. The lowest BCUT2D eigenvalue weighted by atomic mass is 9.97. The van der Waals surface area contributed by atoms with Crippen LogP contribution in [0.1, 0.15) is 34.6 Å². The van der Waals surface area contributed by atoms with E-state index in [2.05, 4.69) is 35.8 Å². The minimum Gasteiger partial charge on any atom is -0.497 e. The second-order valence-electron chi connectivity index (χ2n) is 8.03. The van der Waals surface area contributed by atoms with Crippen LogP contribution in [0.2, 0.25) is 0 Å². The summed E-state index contributed by atoms with van der Waals surface area (Å²) in [5.41, 5.74) is 3.75. The molecule has 0 radical (unpaired) electrons.